The van der Waals surface area contributed by atoms with Gasteiger partial charge in [0.1, 0.15) is 16.9 Å². The molecular weight excluding hydrogens is 573 g/mol. The lowest BCUT2D eigenvalue weighted by Gasteiger charge is -2.46. The van der Waals surface area contributed by atoms with E-state index in [9.17, 15) is 27.6 Å². The number of aromatic nitrogens is 3. The predicted octanol–water partition coefficient (Wildman–Crippen LogP) is 4.33. The minimum Gasteiger partial charge on any atom is -0.349 e. The molecule has 2 aromatic heterocycles. The molecule has 2 fully saturated rings. The SMILES string of the molecule is O=C(N[C@H]1CC[C@H](CN2C(=O)C3(CN(C(=O)c4cccnn4)C3)c3ccc(F)cc32)CC1)c1cc(Cl)cnc1C(F)F. The van der Waals surface area contributed by atoms with Crippen molar-refractivity contribution in [3.8, 4) is 0 Å². The van der Waals surface area contributed by atoms with Crippen LogP contribution in [0.2, 0.25) is 5.02 Å². The number of benzene rings is 1. The van der Waals surface area contributed by atoms with E-state index >= 15 is 0 Å². The molecule has 42 heavy (non-hydrogen) atoms. The van der Waals surface area contributed by atoms with Gasteiger partial charge in [-0.1, -0.05) is 17.7 Å². The lowest BCUT2D eigenvalue weighted by Crippen LogP contribution is -2.65. The van der Waals surface area contributed by atoms with Crippen LogP contribution >= 0.6 is 11.6 Å². The van der Waals surface area contributed by atoms with Crippen LogP contribution in [-0.2, 0) is 10.2 Å². The topological polar surface area (TPSA) is 108 Å². The number of hydrogen-bond acceptors (Lipinski definition) is 6. The first-order chi connectivity index (χ1) is 20.2. The molecule has 0 unspecified atom stereocenters. The fourth-order valence-corrected chi connectivity index (χ4v) is 6.40. The van der Waals surface area contributed by atoms with Gasteiger partial charge in [-0.05, 0) is 67.5 Å². The van der Waals surface area contributed by atoms with Crippen molar-refractivity contribution in [1.29, 1.82) is 0 Å². The first kappa shape index (κ1) is 28.1. The standard InChI is InChI=1S/C29H26ClF3N6O3/c30-17-10-20(24(25(32)33)34-12-17)26(40)36-19-6-3-16(4-7-19)13-39-23-11-18(31)5-8-21(23)29(28(39)42)14-38(15-29)27(41)22-2-1-9-35-37-22/h1-2,5,8-12,16,19,25H,3-4,6-7,13-15H2,(H,36,40)/t16-,19-. The van der Waals surface area contributed by atoms with Gasteiger partial charge in [0.25, 0.3) is 18.2 Å². The predicted molar refractivity (Wildman–Crippen MR) is 146 cm³/mol. The number of pyridine rings is 1. The average molecular weight is 599 g/mol. The molecule has 9 nitrogen and oxygen atoms in total. The third-order valence-electron chi connectivity index (χ3n) is 8.38. The Labute approximate surface area is 244 Å². The van der Waals surface area contributed by atoms with E-state index in [0.29, 0.717) is 43.5 Å². The molecule has 3 amide bonds. The summed E-state index contributed by atoms with van der Waals surface area (Å²) < 4.78 is 41.1. The van der Waals surface area contributed by atoms with Crippen LogP contribution in [0.3, 0.4) is 0 Å². The van der Waals surface area contributed by atoms with E-state index in [-0.39, 0.29) is 53.1 Å². The number of likely N-dealkylation sites (tertiary alicyclic amines) is 1. The number of nitrogens with one attached hydrogen (secondary N) is 1. The number of halogens is 4. The summed E-state index contributed by atoms with van der Waals surface area (Å²) in [6.07, 6.45) is 2.13. The maximum atomic E-state index is 14.3. The number of hydrogen-bond donors (Lipinski definition) is 1. The molecule has 6 rings (SSSR count). The zero-order valence-electron chi connectivity index (χ0n) is 22.3. The van der Waals surface area contributed by atoms with Gasteiger partial charge < -0.3 is 15.1 Å². The Morgan fingerprint density at radius 3 is 2.57 bits per heavy atom. The molecule has 1 saturated carbocycles. The van der Waals surface area contributed by atoms with Crippen molar-refractivity contribution >= 4 is 35.0 Å². The summed E-state index contributed by atoms with van der Waals surface area (Å²) in [5.41, 5.74) is -0.420. The largest absolute Gasteiger partial charge is 0.349 e. The summed E-state index contributed by atoms with van der Waals surface area (Å²) in [5.74, 6) is -1.53. The molecular formula is C29H26ClF3N6O3. The molecule has 1 spiro atoms. The maximum absolute atomic E-state index is 14.3. The molecule has 1 aromatic carbocycles. The van der Waals surface area contributed by atoms with Gasteiger partial charge in [-0.25, -0.2) is 13.2 Å². The summed E-state index contributed by atoms with van der Waals surface area (Å²) in [6, 6.07) is 8.44. The minimum atomic E-state index is -2.92. The summed E-state index contributed by atoms with van der Waals surface area (Å²) in [6.45, 7) is 0.686. The second kappa shape index (κ2) is 11.0. The highest BCUT2D eigenvalue weighted by atomic mass is 35.5. The van der Waals surface area contributed by atoms with Crippen molar-refractivity contribution in [3.63, 3.8) is 0 Å². The van der Waals surface area contributed by atoms with Gasteiger partial charge in [0.05, 0.1) is 16.3 Å². The van der Waals surface area contributed by atoms with Gasteiger partial charge in [0.15, 0.2) is 5.69 Å². The van der Waals surface area contributed by atoms with Gasteiger partial charge >= 0.3 is 0 Å². The first-order valence-electron chi connectivity index (χ1n) is 13.6. The molecule has 2 aliphatic heterocycles. The Morgan fingerprint density at radius 2 is 1.88 bits per heavy atom. The molecule has 218 valence electrons. The third-order valence-corrected chi connectivity index (χ3v) is 8.59. The van der Waals surface area contributed by atoms with Gasteiger partial charge in [-0.2, -0.15) is 5.10 Å². The van der Waals surface area contributed by atoms with Crippen LogP contribution < -0.4 is 10.2 Å². The lowest BCUT2D eigenvalue weighted by atomic mass is 9.74. The summed E-state index contributed by atoms with van der Waals surface area (Å²) in [5, 5.41) is 10.5. The van der Waals surface area contributed by atoms with Crippen molar-refractivity contribution in [3.05, 3.63) is 82.1 Å². The Kier molecular flexibility index (Phi) is 7.34. The van der Waals surface area contributed by atoms with Crippen LogP contribution in [0.15, 0.2) is 48.8 Å². The zero-order chi connectivity index (χ0) is 29.6. The Hall–Kier alpha value is -4.06. The molecule has 4 heterocycles. The van der Waals surface area contributed by atoms with E-state index in [1.165, 1.54) is 24.4 Å². The monoisotopic (exact) mass is 598 g/mol. The van der Waals surface area contributed by atoms with Gasteiger partial charge in [-0.3, -0.25) is 19.4 Å². The first-order valence-corrected chi connectivity index (χ1v) is 14.0. The highest BCUT2D eigenvalue weighted by Crippen LogP contribution is 2.48. The lowest BCUT2D eigenvalue weighted by molar-refractivity contribution is -0.128. The molecule has 1 N–H and O–H groups in total. The second-order valence-electron chi connectivity index (χ2n) is 11.0. The van der Waals surface area contributed by atoms with E-state index < -0.39 is 29.3 Å². The summed E-state index contributed by atoms with van der Waals surface area (Å²) in [4.78, 5) is 46.3. The van der Waals surface area contributed by atoms with Gasteiger partial charge in [-0.15, -0.1) is 5.10 Å². The molecule has 1 saturated heterocycles. The van der Waals surface area contributed by atoms with E-state index in [0.717, 1.165) is 6.20 Å². The smallest absolute Gasteiger partial charge is 0.281 e. The van der Waals surface area contributed by atoms with Crippen molar-refractivity contribution in [2.75, 3.05) is 24.5 Å². The van der Waals surface area contributed by atoms with Crippen LogP contribution in [0.25, 0.3) is 0 Å². The van der Waals surface area contributed by atoms with E-state index in [4.69, 9.17) is 11.6 Å². The van der Waals surface area contributed by atoms with Crippen LogP contribution in [-0.4, -0.2) is 63.5 Å². The van der Waals surface area contributed by atoms with Gasteiger partial charge in [0, 0.05) is 38.1 Å². The quantitative estimate of drug-likeness (QED) is 0.453. The number of nitrogens with zero attached hydrogens (tertiary/aromatic N) is 5. The highest BCUT2D eigenvalue weighted by Gasteiger charge is 2.59. The molecule has 0 atom stereocenters. The van der Waals surface area contributed by atoms with Crippen molar-refractivity contribution in [2.24, 2.45) is 5.92 Å². The third kappa shape index (κ3) is 4.97. The Balaban J connectivity index is 1.11. The molecule has 0 radical (unpaired) electrons. The summed E-state index contributed by atoms with van der Waals surface area (Å²) in [7, 11) is 0. The Bertz CT molecular complexity index is 1540. The van der Waals surface area contributed by atoms with E-state index in [2.05, 4.69) is 20.5 Å². The van der Waals surface area contributed by atoms with Crippen molar-refractivity contribution in [2.45, 2.75) is 43.6 Å². The van der Waals surface area contributed by atoms with Crippen LogP contribution in [0.5, 0.6) is 0 Å². The number of alkyl halides is 2. The minimum absolute atomic E-state index is 0.0789. The molecule has 0 bridgehead atoms. The van der Waals surface area contributed by atoms with E-state index in [1.807, 2.05) is 0 Å². The normalized spacial score (nSPS) is 20.9. The highest BCUT2D eigenvalue weighted by molar-refractivity contribution is 6.30. The molecule has 3 aromatic rings. The molecule has 3 aliphatic rings. The number of carbonyl (C=O) groups excluding carboxylic acids is 3. The van der Waals surface area contributed by atoms with Crippen molar-refractivity contribution < 1.29 is 27.6 Å². The van der Waals surface area contributed by atoms with Crippen LogP contribution in [0, 0.1) is 11.7 Å². The zero-order valence-corrected chi connectivity index (χ0v) is 23.0. The number of carbonyl (C=O) groups is 3. The van der Waals surface area contributed by atoms with E-state index in [1.54, 1.807) is 28.0 Å². The fraction of sp³-hybridized carbons (Fsp3) is 0.379. The van der Waals surface area contributed by atoms with Crippen molar-refractivity contribution in [1.82, 2.24) is 25.4 Å². The number of fused-ring (bicyclic) bond motifs is 2. The average Bonchev–Trinajstić information content (AvgIpc) is 3.20. The summed E-state index contributed by atoms with van der Waals surface area (Å²) >= 11 is 5.88. The second-order valence-corrected chi connectivity index (χ2v) is 11.4. The maximum Gasteiger partial charge on any atom is 0.281 e. The molecule has 1 aliphatic carbocycles. The van der Waals surface area contributed by atoms with Crippen LogP contribution in [0.4, 0.5) is 18.9 Å². The number of amides is 3. The van der Waals surface area contributed by atoms with Crippen LogP contribution in [0.1, 0.15) is 64.2 Å². The number of rotatable bonds is 6. The Morgan fingerprint density at radius 1 is 1.12 bits per heavy atom. The number of anilines is 1. The molecule has 13 heteroatoms. The van der Waals surface area contributed by atoms with Gasteiger partial charge in [0.2, 0.25) is 5.91 Å². The fourth-order valence-electron chi connectivity index (χ4n) is 6.25.